The Bertz CT molecular complexity index is 433. The lowest BCUT2D eigenvalue weighted by Gasteiger charge is -2.01. The summed E-state index contributed by atoms with van der Waals surface area (Å²) < 4.78 is 1.82. The van der Waals surface area contributed by atoms with Gasteiger partial charge in [0.2, 0.25) is 0 Å². The molecule has 0 atom stereocenters. The van der Waals surface area contributed by atoms with E-state index in [1.54, 1.807) is 0 Å². The minimum absolute atomic E-state index is 0.846. The Hall–Kier alpha value is -1.42. The maximum atomic E-state index is 4.35. The highest BCUT2D eigenvalue weighted by Gasteiger charge is 2.01. The lowest BCUT2D eigenvalue weighted by Crippen LogP contribution is -2.12. The van der Waals surface area contributed by atoms with Crippen LogP contribution in [0.15, 0.2) is 18.6 Å². The third-order valence-corrected chi connectivity index (χ3v) is 2.17. The number of fused-ring (bicyclic) bond motifs is 1. The molecular weight excluding hydrogens is 176 g/mol. The van der Waals surface area contributed by atoms with Crippen molar-refractivity contribution < 1.29 is 0 Å². The number of aromatic nitrogens is 3. The summed E-state index contributed by atoms with van der Waals surface area (Å²) in [6, 6.07) is 0. The van der Waals surface area contributed by atoms with E-state index in [4.69, 9.17) is 0 Å². The van der Waals surface area contributed by atoms with Crippen molar-refractivity contribution in [1.82, 2.24) is 19.9 Å². The van der Waals surface area contributed by atoms with Crippen molar-refractivity contribution in [2.45, 2.75) is 20.4 Å². The summed E-state index contributed by atoms with van der Waals surface area (Å²) in [7, 11) is 0. The molecule has 0 amide bonds. The average Bonchev–Trinajstić information content (AvgIpc) is 2.57. The van der Waals surface area contributed by atoms with Crippen LogP contribution >= 0.6 is 0 Å². The van der Waals surface area contributed by atoms with Crippen molar-refractivity contribution in [3.05, 3.63) is 29.7 Å². The standard InChI is InChI=1S/C10H14N4/c1-3-11-5-9-6-12-10-8(2)4-13-14(10)7-9/h4,6-7,11H,3,5H2,1-2H3. The third-order valence-electron chi connectivity index (χ3n) is 2.17. The summed E-state index contributed by atoms with van der Waals surface area (Å²) in [4.78, 5) is 4.35. The van der Waals surface area contributed by atoms with Crippen LogP contribution in [0.2, 0.25) is 0 Å². The molecule has 0 radical (unpaired) electrons. The van der Waals surface area contributed by atoms with E-state index in [-0.39, 0.29) is 0 Å². The Morgan fingerprint density at radius 1 is 1.43 bits per heavy atom. The molecule has 2 heterocycles. The summed E-state index contributed by atoms with van der Waals surface area (Å²) in [6.45, 7) is 5.91. The van der Waals surface area contributed by atoms with Crippen LogP contribution < -0.4 is 5.32 Å². The van der Waals surface area contributed by atoms with Gasteiger partial charge in [-0.1, -0.05) is 6.92 Å². The Balaban J connectivity index is 2.32. The molecule has 0 aromatic carbocycles. The first kappa shape index (κ1) is 9.15. The summed E-state index contributed by atoms with van der Waals surface area (Å²) in [5.74, 6) is 0. The Kier molecular flexibility index (Phi) is 2.45. The van der Waals surface area contributed by atoms with Gasteiger partial charge in [0.25, 0.3) is 0 Å². The fourth-order valence-electron chi connectivity index (χ4n) is 1.39. The Labute approximate surface area is 83.0 Å². The quantitative estimate of drug-likeness (QED) is 0.789. The minimum Gasteiger partial charge on any atom is -0.313 e. The van der Waals surface area contributed by atoms with Crippen molar-refractivity contribution in [1.29, 1.82) is 0 Å². The van der Waals surface area contributed by atoms with Gasteiger partial charge in [0, 0.05) is 30.1 Å². The number of nitrogens with zero attached hydrogens (tertiary/aromatic N) is 3. The highest BCUT2D eigenvalue weighted by Crippen LogP contribution is 2.06. The van der Waals surface area contributed by atoms with E-state index < -0.39 is 0 Å². The molecule has 2 aromatic heterocycles. The van der Waals surface area contributed by atoms with Gasteiger partial charge in [-0.3, -0.25) is 0 Å². The topological polar surface area (TPSA) is 42.2 Å². The SMILES string of the molecule is CCNCc1cnc2c(C)cnn2c1. The van der Waals surface area contributed by atoms with Gasteiger partial charge in [-0.05, 0) is 13.5 Å². The van der Waals surface area contributed by atoms with Gasteiger partial charge in [0.05, 0.1) is 6.20 Å². The largest absolute Gasteiger partial charge is 0.313 e. The lowest BCUT2D eigenvalue weighted by atomic mass is 10.3. The van der Waals surface area contributed by atoms with E-state index in [1.165, 1.54) is 0 Å². The van der Waals surface area contributed by atoms with E-state index in [9.17, 15) is 0 Å². The van der Waals surface area contributed by atoms with Crippen molar-refractivity contribution in [3.63, 3.8) is 0 Å². The molecule has 0 fully saturated rings. The van der Waals surface area contributed by atoms with Gasteiger partial charge in [-0.15, -0.1) is 0 Å². The molecule has 1 N–H and O–H groups in total. The zero-order valence-electron chi connectivity index (χ0n) is 8.49. The van der Waals surface area contributed by atoms with Crippen LogP contribution in [0.3, 0.4) is 0 Å². The van der Waals surface area contributed by atoms with Gasteiger partial charge < -0.3 is 5.32 Å². The third kappa shape index (κ3) is 1.61. The number of nitrogens with one attached hydrogen (secondary N) is 1. The molecule has 0 unspecified atom stereocenters. The second-order valence-corrected chi connectivity index (χ2v) is 3.34. The Morgan fingerprint density at radius 3 is 3.07 bits per heavy atom. The number of aryl methyl sites for hydroxylation is 1. The van der Waals surface area contributed by atoms with Crippen molar-refractivity contribution in [3.8, 4) is 0 Å². The number of hydrogen-bond acceptors (Lipinski definition) is 3. The van der Waals surface area contributed by atoms with Crippen LogP contribution in [0.1, 0.15) is 18.1 Å². The molecule has 2 rings (SSSR count). The molecule has 4 heteroatoms. The fraction of sp³-hybridized carbons (Fsp3) is 0.400. The van der Waals surface area contributed by atoms with Gasteiger partial charge in [-0.2, -0.15) is 5.10 Å². The molecule has 0 saturated carbocycles. The van der Waals surface area contributed by atoms with Crippen LogP contribution in [0.25, 0.3) is 5.65 Å². The van der Waals surface area contributed by atoms with Gasteiger partial charge in [0.1, 0.15) is 0 Å². The fourth-order valence-corrected chi connectivity index (χ4v) is 1.39. The molecule has 0 spiro atoms. The molecule has 74 valence electrons. The first-order chi connectivity index (χ1) is 6.81. The first-order valence-corrected chi connectivity index (χ1v) is 4.81. The van der Waals surface area contributed by atoms with Crippen LogP contribution in [-0.4, -0.2) is 21.1 Å². The van der Waals surface area contributed by atoms with E-state index in [1.807, 2.05) is 30.0 Å². The maximum absolute atomic E-state index is 4.35. The molecule has 0 aliphatic heterocycles. The van der Waals surface area contributed by atoms with Crippen LogP contribution in [0.4, 0.5) is 0 Å². The number of rotatable bonds is 3. The van der Waals surface area contributed by atoms with Crippen molar-refractivity contribution in [2.75, 3.05) is 6.54 Å². The zero-order valence-corrected chi connectivity index (χ0v) is 8.49. The molecule has 4 nitrogen and oxygen atoms in total. The van der Waals surface area contributed by atoms with Gasteiger partial charge >= 0.3 is 0 Å². The molecule has 0 saturated heterocycles. The van der Waals surface area contributed by atoms with E-state index in [0.29, 0.717) is 0 Å². The van der Waals surface area contributed by atoms with Crippen LogP contribution in [-0.2, 0) is 6.54 Å². The molecule has 14 heavy (non-hydrogen) atoms. The minimum atomic E-state index is 0.846. The normalized spacial score (nSPS) is 11.0. The summed E-state index contributed by atoms with van der Waals surface area (Å²) in [5.41, 5.74) is 3.20. The highest BCUT2D eigenvalue weighted by molar-refractivity contribution is 5.45. The summed E-state index contributed by atoms with van der Waals surface area (Å²) >= 11 is 0. The summed E-state index contributed by atoms with van der Waals surface area (Å²) in [5, 5.41) is 7.47. The molecule has 2 aromatic rings. The van der Waals surface area contributed by atoms with Crippen LogP contribution in [0.5, 0.6) is 0 Å². The van der Waals surface area contributed by atoms with Crippen molar-refractivity contribution >= 4 is 5.65 Å². The predicted octanol–water partition coefficient (Wildman–Crippen LogP) is 1.15. The predicted molar refractivity (Wildman–Crippen MR) is 55.1 cm³/mol. The van der Waals surface area contributed by atoms with Gasteiger partial charge in [-0.25, -0.2) is 9.50 Å². The summed E-state index contributed by atoms with van der Waals surface area (Å²) in [6.07, 6.45) is 5.74. The monoisotopic (exact) mass is 190 g/mol. The Morgan fingerprint density at radius 2 is 2.29 bits per heavy atom. The van der Waals surface area contributed by atoms with Crippen LogP contribution in [0, 0.1) is 6.92 Å². The van der Waals surface area contributed by atoms with E-state index in [0.717, 1.165) is 29.9 Å². The number of hydrogen-bond donors (Lipinski definition) is 1. The molecule has 0 aliphatic carbocycles. The molecular formula is C10H14N4. The van der Waals surface area contributed by atoms with E-state index in [2.05, 4.69) is 22.3 Å². The molecule has 0 bridgehead atoms. The smallest absolute Gasteiger partial charge is 0.157 e. The highest BCUT2D eigenvalue weighted by atomic mass is 15.2. The zero-order chi connectivity index (χ0) is 9.97. The maximum Gasteiger partial charge on any atom is 0.157 e. The lowest BCUT2D eigenvalue weighted by molar-refractivity contribution is 0.717. The van der Waals surface area contributed by atoms with Crippen molar-refractivity contribution in [2.24, 2.45) is 0 Å². The van der Waals surface area contributed by atoms with Gasteiger partial charge in [0.15, 0.2) is 5.65 Å². The van der Waals surface area contributed by atoms with E-state index >= 15 is 0 Å². The molecule has 0 aliphatic rings. The first-order valence-electron chi connectivity index (χ1n) is 4.81. The average molecular weight is 190 g/mol. The second kappa shape index (κ2) is 3.75. The second-order valence-electron chi connectivity index (χ2n) is 3.34.